The van der Waals surface area contributed by atoms with Crippen LogP contribution in [0.5, 0.6) is 0 Å². The van der Waals surface area contributed by atoms with Gasteiger partial charge in [0.05, 0.1) is 16.5 Å². The molecule has 2 aromatic rings. The highest BCUT2D eigenvalue weighted by Crippen LogP contribution is 2.34. The van der Waals surface area contributed by atoms with Crippen LogP contribution in [0.1, 0.15) is 43.0 Å². The van der Waals surface area contributed by atoms with Crippen LogP contribution in [-0.2, 0) is 10.0 Å². The SMILES string of the molecule is O=S(=O)(CC1CCC1)N1CCC(c2nc(-c3ccccc3)cs2)CC1. The molecule has 1 aromatic heterocycles. The Morgan fingerprint density at radius 1 is 1.08 bits per heavy atom. The van der Waals surface area contributed by atoms with E-state index in [9.17, 15) is 8.42 Å². The van der Waals surface area contributed by atoms with Crippen LogP contribution in [0.2, 0.25) is 0 Å². The molecule has 0 bridgehead atoms. The quantitative estimate of drug-likeness (QED) is 0.789. The molecule has 2 aliphatic rings. The second-order valence-electron chi connectivity index (χ2n) is 7.19. The van der Waals surface area contributed by atoms with Crippen molar-refractivity contribution in [3.63, 3.8) is 0 Å². The van der Waals surface area contributed by atoms with Crippen molar-refractivity contribution in [2.24, 2.45) is 5.92 Å². The molecule has 25 heavy (non-hydrogen) atoms. The van der Waals surface area contributed by atoms with E-state index in [1.807, 2.05) is 18.2 Å². The molecule has 2 heterocycles. The third-order valence-electron chi connectivity index (χ3n) is 5.46. The predicted octanol–water partition coefficient (Wildman–Crippen LogP) is 4.12. The normalized spacial score (nSPS) is 20.5. The maximum Gasteiger partial charge on any atom is 0.214 e. The van der Waals surface area contributed by atoms with Crippen LogP contribution in [-0.4, -0.2) is 36.5 Å². The predicted molar refractivity (Wildman–Crippen MR) is 102 cm³/mol. The lowest BCUT2D eigenvalue weighted by Gasteiger charge is -2.33. The van der Waals surface area contributed by atoms with Crippen LogP contribution in [0.15, 0.2) is 35.7 Å². The Hall–Kier alpha value is -1.24. The van der Waals surface area contributed by atoms with Crippen molar-refractivity contribution in [3.05, 3.63) is 40.7 Å². The number of thiazole rings is 1. The van der Waals surface area contributed by atoms with Crippen LogP contribution in [0.4, 0.5) is 0 Å². The number of sulfonamides is 1. The van der Waals surface area contributed by atoms with Gasteiger partial charge in [0, 0.05) is 30.0 Å². The largest absolute Gasteiger partial charge is 0.241 e. The zero-order valence-corrected chi connectivity index (χ0v) is 15.9. The van der Waals surface area contributed by atoms with Gasteiger partial charge < -0.3 is 0 Å². The molecule has 1 saturated heterocycles. The molecule has 1 aliphatic carbocycles. The molecule has 2 fully saturated rings. The molecule has 0 atom stereocenters. The second-order valence-corrected chi connectivity index (χ2v) is 10.1. The molecule has 6 heteroatoms. The van der Waals surface area contributed by atoms with Crippen molar-refractivity contribution in [1.82, 2.24) is 9.29 Å². The first-order valence-corrected chi connectivity index (χ1v) is 11.6. The van der Waals surface area contributed by atoms with Gasteiger partial charge in [-0.1, -0.05) is 36.8 Å². The molecule has 0 amide bonds. The van der Waals surface area contributed by atoms with E-state index in [1.165, 1.54) is 6.42 Å². The van der Waals surface area contributed by atoms with E-state index in [4.69, 9.17) is 4.98 Å². The maximum absolute atomic E-state index is 12.5. The Bertz CT molecular complexity index is 805. The fraction of sp³-hybridized carbons (Fsp3) is 0.526. The molecule has 0 spiro atoms. The zero-order valence-electron chi connectivity index (χ0n) is 14.3. The first kappa shape index (κ1) is 17.2. The minimum Gasteiger partial charge on any atom is -0.241 e. The van der Waals surface area contributed by atoms with E-state index in [1.54, 1.807) is 15.6 Å². The van der Waals surface area contributed by atoms with Crippen molar-refractivity contribution in [1.29, 1.82) is 0 Å². The van der Waals surface area contributed by atoms with Crippen LogP contribution in [0.25, 0.3) is 11.3 Å². The van der Waals surface area contributed by atoms with Crippen molar-refractivity contribution >= 4 is 21.4 Å². The molecular weight excluding hydrogens is 352 g/mol. The van der Waals surface area contributed by atoms with Crippen molar-refractivity contribution in [2.45, 2.75) is 38.0 Å². The Morgan fingerprint density at radius 2 is 1.80 bits per heavy atom. The number of aromatic nitrogens is 1. The summed E-state index contributed by atoms with van der Waals surface area (Å²) in [5.41, 5.74) is 2.17. The Morgan fingerprint density at radius 3 is 2.44 bits per heavy atom. The van der Waals surface area contributed by atoms with Crippen LogP contribution >= 0.6 is 11.3 Å². The minimum atomic E-state index is -3.07. The summed E-state index contributed by atoms with van der Waals surface area (Å²) in [6.07, 6.45) is 5.11. The van der Waals surface area contributed by atoms with E-state index >= 15 is 0 Å². The topological polar surface area (TPSA) is 50.3 Å². The second kappa shape index (κ2) is 7.17. The summed E-state index contributed by atoms with van der Waals surface area (Å²) in [7, 11) is -3.07. The van der Waals surface area contributed by atoms with Crippen LogP contribution < -0.4 is 0 Å². The highest BCUT2D eigenvalue weighted by molar-refractivity contribution is 7.89. The smallest absolute Gasteiger partial charge is 0.214 e. The van der Waals surface area contributed by atoms with E-state index in [0.29, 0.717) is 30.7 Å². The highest BCUT2D eigenvalue weighted by atomic mass is 32.2. The molecule has 0 radical (unpaired) electrons. The number of rotatable bonds is 5. The van der Waals surface area contributed by atoms with E-state index < -0.39 is 10.0 Å². The number of benzene rings is 1. The van der Waals surface area contributed by atoms with Gasteiger partial charge in [-0.05, 0) is 31.6 Å². The first-order chi connectivity index (χ1) is 12.1. The van der Waals surface area contributed by atoms with Crippen molar-refractivity contribution < 1.29 is 8.42 Å². The lowest BCUT2D eigenvalue weighted by molar-refractivity contribution is 0.303. The van der Waals surface area contributed by atoms with Gasteiger partial charge >= 0.3 is 0 Å². The van der Waals surface area contributed by atoms with E-state index in [2.05, 4.69) is 17.5 Å². The number of hydrogen-bond donors (Lipinski definition) is 0. The summed E-state index contributed by atoms with van der Waals surface area (Å²) in [5.74, 6) is 1.14. The van der Waals surface area contributed by atoms with Gasteiger partial charge in [0.1, 0.15) is 0 Å². The van der Waals surface area contributed by atoms with E-state index in [-0.39, 0.29) is 0 Å². The molecule has 1 saturated carbocycles. The molecular formula is C19H24N2O2S2. The molecule has 0 unspecified atom stereocenters. The van der Waals surface area contributed by atoms with Crippen molar-refractivity contribution in [2.75, 3.05) is 18.8 Å². The van der Waals surface area contributed by atoms with Gasteiger partial charge in [-0.2, -0.15) is 0 Å². The molecule has 4 rings (SSSR count). The molecule has 0 N–H and O–H groups in total. The summed E-state index contributed by atoms with van der Waals surface area (Å²) in [5, 5.41) is 3.26. The Kier molecular flexibility index (Phi) is 4.93. The Labute approximate surface area is 154 Å². The molecule has 4 nitrogen and oxygen atoms in total. The third kappa shape index (κ3) is 3.81. The molecule has 1 aromatic carbocycles. The fourth-order valence-corrected chi connectivity index (χ4v) is 6.57. The average Bonchev–Trinajstić information content (AvgIpc) is 3.09. The number of piperidine rings is 1. The van der Waals surface area contributed by atoms with Crippen LogP contribution in [0.3, 0.4) is 0 Å². The first-order valence-electron chi connectivity index (χ1n) is 9.10. The maximum atomic E-state index is 12.5. The highest BCUT2D eigenvalue weighted by Gasteiger charge is 2.33. The van der Waals surface area contributed by atoms with Gasteiger partial charge in [-0.25, -0.2) is 17.7 Å². The fourth-order valence-electron chi connectivity index (χ4n) is 3.66. The van der Waals surface area contributed by atoms with Gasteiger partial charge in [-0.15, -0.1) is 11.3 Å². The summed E-state index contributed by atoms with van der Waals surface area (Å²) in [6, 6.07) is 10.2. The molecule has 1 aliphatic heterocycles. The summed E-state index contributed by atoms with van der Waals surface area (Å²) < 4.78 is 26.8. The minimum absolute atomic E-state index is 0.354. The average molecular weight is 377 g/mol. The third-order valence-corrected chi connectivity index (χ3v) is 8.51. The zero-order chi connectivity index (χ0) is 17.3. The summed E-state index contributed by atoms with van der Waals surface area (Å²) >= 11 is 1.70. The summed E-state index contributed by atoms with van der Waals surface area (Å²) in [6.45, 7) is 1.28. The standard InChI is InChI=1S/C19H24N2O2S2/c22-25(23,14-15-5-4-6-15)21-11-9-17(10-12-21)19-20-18(13-24-19)16-7-2-1-3-8-16/h1-3,7-8,13,15,17H,4-6,9-12,14H2. The van der Waals surface area contributed by atoms with Crippen LogP contribution in [0, 0.1) is 5.92 Å². The molecule has 134 valence electrons. The number of nitrogens with zero attached hydrogens (tertiary/aromatic N) is 2. The number of hydrogen-bond acceptors (Lipinski definition) is 4. The van der Waals surface area contributed by atoms with E-state index in [0.717, 1.165) is 41.9 Å². The Balaban J connectivity index is 1.38. The van der Waals surface area contributed by atoms with Crippen molar-refractivity contribution in [3.8, 4) is 11.3 Å². The van der Waals surface area contributed by atoms with Gasteiger partial charge in [0.2, 0.25) is 10.0 Å². The lowest BCUT2D eigenvalue weighted by Crippen LogP contribution is -2.41. The van der Waals surface area contributed by atoms with Gasteiger partial charge in [0.15, 0.2) is 0 Å². The van der Waals surface area contributed by atoms with Gasteiger partial charge in [0.25, 0.3) is 0 Å². The monoisotopic (exact) mass is 376 g/mol. The summed E-state index contributed by atoms with van der Waals surface area (Å²) in [4.78, 5) is 4.81. The lowest BCUT2D eigenvalue weighted by atomic mass is 9.87. The van der Waals surface area contributed by atoms with Gasteiger partial charge in [-0.3, -0.25) is 0 Å².